The fourth-order valence-corrected chi connectivity index (χ4v) is 5.19. The maximum atomic E-state index is 14.0. The number of nitrogens with one attached hydrogen (secondary N) is 1. The molecule has 0 aliphatic carbocycles. The molecule has 7 nitrogen and oxygen atoms in total. The number of hydrogen-bond acceptors (Lipinski definition) is 6. The number of nitrogens with zero attached hydrogens (tertiary/aromatic N) is 3. The van der Waals surface area contributed by atoms with E-state index in [1.807, 2.05) is 0 Å². The van der Waals surface area contributed by atoms with E-state index in [1.165, 1.54) is 29.9 Å². The van der Waals surface area contributed by atoms with E-state index in [0.29, 0.717) is 30.0 Å². The van der Waals surface area contributed by atoms with Crippen LogP contribution in [0.1, 0.15) is 19.3 Å². The molecule has 152 valence electrons. The Balaban J connectivity index is 1.73. The number of piperidine rings is 1. The maximum Gasteiger partial charge on any atom is 0.246 e. The van der Waals surface area contributed by atoms with Gasteiger partial charge < -0.3 is 10.1 Å². The second kappa shape index (κ2) is 7.92. The normalized spacial score (nSPS) is 15.4. The fourth-order valence-electron chi connectivity index (χ4n) is 3.49. The second-order valence-corrected chi connectivity index (χ2v) is 8.72. The molecule has 29 heavy (non-hydrogen) atoms. The predicted molar refractivity (Wildman–Crippen MR) is 108 cm³/mol. The largest absolute Gasteiger partial charge is 0.495 e. The standard InChI is InChI=1S/C20H21FN4O3S/c1-28-17-9-8-14(12-18(17)29(26,27)25-10-3-2-4-11-25)24-20-15-6-5-7-16(21)19(15)22-13-23-20/h5-9,12-13H,2-4,10-11H2,1H3,(H,22,23,24). The predicted octanol–water partition coefficient (Wildman–Crippen LogP) is 3.70. The lowest BCUT2D eigenvalue weighted by Crippen LogP contribution is -2.35. The second-order valence-electron chi connectivity index (χ2n) is 6.81. The Morgan fingerprint density at radius 3 is 2.66 bits per heavy atom. The number of fused-ring (bicyclic) bond motifs is 1. The van der Waals surface area contributed by atoms with Crippen LogP contribution >= 0.6 is 0 Å². The lowest BCUT2D eigenvalue weighted by atomic mass is 10.2. The van der Waals surface area contributed by atoms with Gasteiger partial charge in [0.2, 0.25) is 10.0 Å². The Labute approximate surface area is 168 Å². The maximum absolute atomic E-state index is 14.0. The van der Waals surface area contributed by atoms with Crippen LogP contribution in [0.15, 0.2) is 47.6 Å². The molecule has 1 aromatic heterocycles. The topological polar surface area (TPSA) is 84.4 Å². The molecule has 1 fully saturated rings. The SMILES string of the molecule is COc1ccc(Nc2ncnc3c(F)cccc23)cc1S(=O)(=O)N1CCCCC1. The van der Waals surface area contributed by atoms with Crippen molar-refractivity contribution in [3.8, 4) is 5.75 Å². The van der Waals surface area contributed by atoms with Gasteiger partial charge in [-0.2, -0.15) is 4.31 Å². The third kappa shape index (κ3) is 3.75. The van der Waals surface area contributed by atoms with Crippen molar-refractivity contribution in [2.75, 3.05) is 25.5 Å². The summed E-state index contributed by atoms with van der Waals surface area (Å²) < 4.78 is 47.2. The summed E-state index contributed by atoms with van der Waals surface area (Å²) >= 11 is 0. The van der Waals surface area contributed by atoms with Crippen LogP contribution in [0.2, 0.25) is 0 Å². The van der Waals surface area contributed by atoms with E-state index in [2.05, 4.69) is 15.3 Å². The smallest absolute Gasteiger partial charge is 0.246 e. The number of anilines is 2. The number of aromatic nitrogens is 2. The van der Waals surface area contributed by atoms with Crippen molar-refractivity contribution in [2.24, 2.45) is 0 Å². The molecule has 0 spiro atoms. The molecular formula is C20H21FN4O3S. The minimum Gasteiger partial charge on any atom is -0.495 e. The van der Waals surface area contributed by atoms with Crippen molar-refractivity contribution >= 4 is 32.4 Å². The van der Waals surface area contributed by atoms with Crippen molar-refractivity contribution in [3.63, 3.8) is 0 Å². The van der Waals surface area contributed by atoms with Gasteiger partial charge in [-0.25, -0.2) is 22.8 Å². The van der Waals surface area contributed by atoms with Crippen LogP contribution in [-0.4, -0.2) is 42.9 Å². The fraction of sp³-hybridized carbons (Fsp3) is 0.300. The van der Waals surface area contributed by atoms with E-state index < -0.39 is 15.8 Å². The van der Waals surface area contributed by atoms with Crippen LogP contribution in [-0.2, 0) is 10.0 Å². The summed E-state index contributed by atoms with van der Waals surface area (Å²) in [5.41, 5.74) is 0.699. The Bertz CT molecular complexity index is 1150. The van der Waals surface area contributed by atoms with E-state index in [4.69, 9.17) is 4.74 Å². The molecule has 2 aromatic carbocycles. The minimum absolute atomic E-state index is 0.0939. The first-order valence-corrected chi connectivity index (χ1v) is 10.8. The molecule has 0 saturated carbocycles. The van der Waals surface area contributed by atoms with E-state index in [0.717, 1.165) is 19.3 Å². The molecule has 3 aromatic rings. The number of ether oxygens (including phenoxy) is 1. The zero-order valence-electron chi connectivity index (χ0n) is 15.9. The summed E-state index contributed by atoms with van der Waals surface area (Å²) in [4.78, 5) is 8.26. The summed E-state index contributed by atoms with van der Waals surface area (Å²) in [7, 11) is -2.25. The van der Waals surface area contributed by atoms with Gasteiger partial charge in [0, 0.05) is 24.2 Å². The summed E-state index contributed by atoms with van der Waals surface area (Å²) in [6.45, 7) is 0.998. The van der Waals surface area contributed by atoms with Gasteiger partial charge in [-0.3, -0.25) is 0 Å². The summed E-state index contributed by atoms with van der Waals surface area (Å²) in [6.07, 6.45) is 3.99. The Kier molecular flexibility index (Phi) is 5.33. The minimum atomic E-state index is -3.69. The molecule has 0 bridgehead atoms. The van der Waals surface area contributed by atoms with Crippen LogP contribution < -0.4 is 10.1 Å². The number of halogens is 1. The molecule has 0 amide bonds. The summed E-state index contributed by atoms with van der Waals surface area (Å²) in [6, 6.07) is 9.43. The van der Waals surface area contributed by atoms with Gasteiger partial charge in [-0.1, -0.05) is 12.5 Å². The molecule has 0 atom stereocenters. The quantitative estimate of drug-likeness (QED) is 0.683. The van der Waals surface area contributed by atoms with Gasteiger partial charge in [0.05, 0.1) is 7.11 Å². The molecule has 1 aliphatic rings. The molecule has 9 heteroatoms. The van der Waals surface area contributed by atoms with E-state index >= 15 is 0 Å². The molecule has 0 radical (unpaired) electrons. The first-order valence-electron chi connectivity index (χ1n) is 9.35. The van der Waals surface area contributed by atoms with E-state index in [-0.39, 0.29) is 16.2 Å². The number of rotatable bonds is 5. The average Bonchev–Trinajstić information content (AvgIpc) is 2.75. The van der Waals surface area contributed by atoms with Crippen LogP contribution in [0.4, 0.5) is 15.9 Å². The average molecular weight is 416 g/mol. The van der Waals surface area contributed by atoms with Crippen molar-refractivity contribution in [2.45, 2.75) is 24.2 Å². The van der Waals surface area contributed by atoms with Crippen LogP contribution in [0.5, 0.6) is 5.75 Å². The Morgan fingerprint density at radius 1 is 1.10 bits per heavy atom. The zero-order chi connectivity index (χ0) is 20.4. The summed E-state index contributed by atoms with van der Waals surface area (Å²) in [5.74, 6) is 0.219. The highest BCUT2D eigenvalue weighted by atomic mass is 32.2. The van der Waals surface area contributed by atoms with Gasteiger partial charge in [0.25, 0.3) is 0 Å². The van der Waals surface area contributed by atoms with Crippen molar-refractivity contribution in [1.82, 2.24) is 14.3 Å². The van der Waals surface area contributed by atoms with Crippen molar-refractivity contribution < 1.29 is 17.5 Å². The molecule has 4 rings (SSSR count). The molecule has 1 saturated heterocycles. The number of benzene rings is 2. The van der Waals surface area contributed by atoms with Crippen LogP contribution in [0.3, 0.4) is 0 Å². The Hall–Kier alpha value is -2.78. The third-order valence-electron chi connectivity index (χ3n) is 4.97. The van der Waals surface area contributed by atoms with Gasteiger partial charge in [0.1, 0.15) is 34.1 Å². The third-order valence-corrected chi connectivity index (χ3v) is 6.89. The van der Waals surface area contributed by atoms with Crippen molar-refractivity contribution in [3.05, 3.63) is 48.5 Å². The van der Waals surface area contributed by atoms with E-state index in [1.54, 1.807) is 24.3 Å². The number of sulfonamides is 1. The number of hydrogen-bond donors (Lipinski definition) is 1. The highest BCUT2D eigenvalue weighted by Gasteiger charge is 2.29. The van der Waals surface area contributed by atoms with Gasteiger partial charge in [0.15, 0.2) is 0 Å². The lowest BCUT2D eigenvalue weighted by Gasteiger charge is -2.26. The molecule has 1 aliphatic heterocycles. The van der Waals surface area contributed by atoms with Gasteiger partial charge in [-0.15, -0.1) is 0 Å². The highest BCUT2D eigenvalue weighted by molar-refractivity contribution is 7.89. The zero-order valence-corrected chi connectivity index (χ0v) is 16.7. The first kappa shape index (κ1) is 19.5. The molecule has 0 unspecified atom stereocenters. The molecule has 1 N–H and O–H groups in total. The van der Waals surface area contributed by atoms with Crippen LogP contribution in [0, 0.1) is 5.82 Å². The Morgan fingerprint density at radius 2 is 1.90 bits per heavy atom. The van der Waals surface area contributed by atoms with Gasteiger partial charge in [-0.05, 0) is 43.2 Å². The number of para-hydroxylation sites is 1. The van der Waals surface area contributed by atoms with Crippen molar-refractivity contribution in [1.29, 1.82) is 0 Å². The first-order chi connectivity index (χ1) is 14.0. The van der Waals surface area contributed by atoms with Crippen LogP contribution in [0.25, 0.3) is 10.9 Å². The number of methoxy groups -OCH3 is 1. The summed E-state index contributed by atoms with van der Waals surface area (Å²) in [5, 5.41) is 3.59. The van der Waals surface area contributed by atoms with E-state index in [9.17, 15) is 12.8 Å². The molecular weight excluding hydrogens is 395 g/mol. The molecule has 2 heterocycles. The highest BCUT2D eigenvalue weighted by Crippen LogP contribution is 2.33. The van der Waals surface area contributed by atoms with Gasteiger partial charge >= 0.3 is 0 Å². The lowest BCUT2D eigenvalue weighted by molar-refractivity contribution is 0.343. The monoisotopic (exact) mass is 416 g/mol.